The van der Waals surface area contributed by atoms with Crippen molar-refractivity contribution in [3.05, 3.63) is 216 Å². The van der Waals surface area contributed by atoms with Gasteiger partial charge in [-0.05, 0) is 94.3 Å². The van der Waals surface area contributed by atoms with Crippen LogP contribution in [0.4, 0.5) is 17.1 Å². The fourth-order valence-electron chi connectivity index (χ4n) is 8.58. The summed E-state index contributed by atoms with van der Waals surface area (Å²) in [6, 6.07) is 61.6. The summed E-state index contributed by atoms with van der Waals surface area (Å²) in [5, 5.41) is 0. The molecule has 2 heteroatoms. The second-order valence-corrected chi connectivity index (χ2v) is 13.5. The van der Waals surface area contributed by atoms with Crippen molar-refractivity contribution in [2.75, 3.05) is 4.90 Å². The maximum atomic E-state index is 6.80. The summed E-state index contributed by atoms with van der Waals surface area (Å²) in [4.78, 5) is 2.40. The van der Waals surface area contributed by atoms with Crippen LogP contribution >= 0.6 is 0 Å². The van der Waals surface area contributed by atoms with Crippen molar-refractivity contribution < 1.29 is 4.74 Å². The molecular weight excluding hydrogens is 619 g/mol. The van der Waals surface area contributed by atoms with Gasteiger partial charge in [-0.2, -0.15) is 0 Å². The number of fused-ring (bicyclic) bond motifs is 9. The fraction of sp³-hybridized carbons (Fsp3) is 0.0612. The van der Waals surface area contributed by atoms with Crippen LogP contribution in [0.3, 0.4) is 0 Å². The second-order valence-electron chi connectivity index (χ2n) is 13.5. The number of benzene rings is 7. The highest BCUT2D eigenvalue weighted by atomic mass is 16.5. The van der Waals surface area contributed by atoms with Crippen LogP contribution in [-0.2, 0) is 5.41 Å². The number of allylic oxidation sites excluding steroid dienone is 4. The molecule has 1 aliphatic heterocycles. The third kappa shape index (κ3) is 4.57. The highest BCUT2D eigenvalue weighted by Gasteiger charge is 2.51. The molecule has 10 rings (SSSR count). The first kappa shape index (κ1) is 29.5. The number of ether oxygens (including phenoxy) is 1. The van der Waals surface area contributed by atoms with Crippen LogP contribution in [0, 0.1) is 0 Å². The van der Waals surface area contributed by atoms with Crippen molar-refractivity contribution in [3.63, 3.8) is 0 Å². The van der Waals surface area contributed by atoms with Gasteiger partial charge in [0, 0.05) is 28.1 Å². The minimum absolute atomic E-state index is 0.524. The van der Waals surface area contributed by atoms with Crippen LogP contribution in [0.1, 0.15) is 40.7 Å². The van der Waals surface area contributed by atoms with E-state index < -0.39 is 5.41 Å². The number of hydrogen-bond donors (Lipinski definition) is 0. The molecule has 2 aliphatic carbocycles. The average Bonchev–Trinajstić information content (AvgIpc) is 3.49. The van der Waals surface area contributed by atoms with Gasteiger partial charge in [0.15, 0.2) is 0 Å². The van der Waals surface area contributed by atoms with Gasteiger partial charge in [0.2, 0.25) is 0 Å². The van der Waals surface area contributed by atoms with Crippen molar-refractivity contribution in [3.8, 4) is 33.8 Å². The minimum Gasteiger partial charge on any atom is -0.457 e. The van der Waals surface area contributed by atoms with Crippen LogP contribution in [0.5, 0.6) is 11.5 Å². The third-order valence-electron chi connectivity index (χ3n) is 10.8. The zero-order valence-corrected chi connectivity index (χ0v) is 28.2. The fourth-order valence-corrected chi connectivity index (χ4v) is 8.58. The Morgan fingerprint density at radius 2 is 1.12 bits per heavy atom. The van der Waals surface area contributed by atoms with Gasteiger partial charge in [0.25, 0.3) is 0 Å². The van der Waals surface area contributed by atoms with Gasteiger partial charge >= 0.3 is 0 Å². The Morgan fingerprint density at radius 1 is 0.451 bits per heavy atom. The normalized spacial score (nSPS) is 16.4. The van der Waals surface area contributed by atoms with E-state index in [0.29, 0.717) is 0 Å². The summed E-state index contributed by atoms with van der Waals surface area (Å²) in [5.74, 6) is 1.82. The van der Waals surface area contributed by atoms with E-state index in [1.807, 2.05) is 0 Å². The van der Waals surface area contributed by atoms with E-state index in [1.165, 1.54) is 55.6 Å². The quantitative estimate of drug-likeness (QED) is 0.183. The van der Waals surface area contributed by atoms with E-state index in [0.717, 1.165) is 41.4 Å². The molecule has 0 aromatic heterocycles. The predicted molar refractivity (Wildman–Crippen MR) is 210 cm³/mol. The SMILES string of the molecule is C1=CC(c2ccc3c(c2)Oc2ccccc2C32c3ccccc3-c3cc(N(c4ccccc4)c4ccccc4-c4ccccc4)ccc32)=CCC1. The largest absolute Gasteiger partial charge is 0.457 e. The first-order valence-electron chi connectivity index (χ1n) is 17.8. The number of rotatable bonds is 5. The lowest BCUT2D eigenvalue weighted by Gasteiger charge is -2.39. The lowest BCUT2D eigenvalue weighted by Crippen LogP contribution is -2.32. The molecule has 51 heavy (non-hydrogen) atoms. The zero-order valence-electron chi connectivity index (χ0n) is 28.2. The molecule has 1 unspecified atom stereocenters. The van der Waals surface area contributed by atoms with Gasteiger partial charge in [-0.15, -0.1) is 0 Å². The maximum Gasteiger partial charge on any atom is 0.132 e. The molecule has 242 valence electrons. The Morgan fingerprint density at radius 3 is 1.94 bits per heavy atom. The Hall–Kier alpha value is -6.38. The Bertz CT molecular complexity index is 2510. The van der Waals surface area contributed by atoms with E-state index in [-0.39, 0.29) is 0 Å². The molecule has 1 spiro atoms. The lowest BCUT2D eigenvalue weighted by molar-refractivity contribution is 0.436. The predicted octanol–water partition coefficient (Wildman–Crippen LogP) is 13.0. The molecule has 0 fully saturated rings. The van der Waals surface area contributed by atoms with Crippen LogP contribution in [0.2, 0.25) is 0 Å². The van der Waals surface area contributed by atoms with Gasteiger partial charge in [-0.25, -0.2) is 0 Å². The van der Waals surface area contributed by atoms with E-state index in [4.69, 9.17) is 4.74 Å². The first-order valence-corrected chi connectivity index (χ1v) is 17.8. The molecule has 1 heterocycles. The molecule has 0 saturated heterocycles. The summed E-state index contributed by atoms with van der Waals surface area (Å²) in [6.07, 6.45) is 9.01. The molecule has 2 nitrogen and oxygen atoms in total. The van der Waals surface area contributed by atoms with E-state index >= 15 is 0 Å². The Kier molecular flexibility index (Phi) is 6.89. The molecule has 7 aromatic carbocycles. The smallest absolute Gasteiger partial charge is 0.132 e. The van der Waals surface area contributed by atoms with E-state index in [1.54, 1.807) is 0 Å². The first-order chi connectivity index (χ1) is 25.3. The van der Waals surface area contributed by atoms with Gasteiger partial charge < -0.3 is 9.64 Å². The third-order valence-corrected chi connectivity index (χ3v) is 10.8. The Balaban J connectivity index is 1.22. The molecule has 7 aromatic rings. The summed E-state index contributed by atoms with van der Waals surface area (Å²) >= 11 is 0. The number of nitrogens with zero attached hydrogens (tertiary/aromatic N) is 1. The van der Waals surface area contributed by atoms with Crippen LogP contribution in [-0.4, -0.2) is 0 Å². The van der Waals surface area contributed by atoms with Crippen LogP contribution in [0.25, 0.3) is 27.8 Å². The summed E-state index contributed by atoms with van der Waals surface area (Å²) in [6.45, 7) is 0. The molecule has 0 N–H and O–H groups in total. The lowest BCUT2D eigenvalue weighted by atomic mass is 9.66. The molecule has 0 amide bonds. The monoisotopic (exact) mass is 653 g/mol. The summed E-state index contributed by atoms with van der Waals surface area (Å²) in [5.41, 5.74) is 15.1. The van der Waals surface area contributed by atoms with Crippen LogP contribution in [0.15, 0.2) is 188 Å². The molecule has 0 radical (unpaired) electrons. The zero-order chi connectivity index (χ0) is 33.8. The van der Waals surface area contributed by atoms with Crippen molar-refractivity contribution in [1.29, 1.82) is 0 Å². The standard InChI is InChI=1S/C49H35NO/c1-4-16-34(17-5-1)36-28-30-45-48(32-36)51-47-27-15-13-25-44(47)49(45)42-24-12-10-23-40(42)41-33-38(29-31-43(41)49)50(37-20-8-3-9-21-37)46-26-14-11-22-39(46)35-18-6-2-7-19-35/h2-4,6-33H,1,5H2. The number of hydrogen-bond acceptors (Lipinski definition) is 2. The summed E-state index contributed by atoms with van der Waals surface area (Å²) in [7, 11) is 0. The average molecular weight is 654 g/mol. The van der Waals surface area contributed by atoms with Crippen LogP contribution < -0.4 is 9.64 Å². The summed E-state index contributed by atoms with van der Waals surface area (Å²) < 4.78 is 6.80. The van der Waals surface area contributed by atoms with Crippen molar-refractivity contribution in [2.24, 2.45) is 0 Å². The second kappa shape index (κ2) is 11.9. The van der Waals surface area contributed by atoms with E-state index in [9.17, 15) is 0 Å². The highest BCUT2D eigenvalue weighted by molar-refractivity contribution is 5.94. The van der Waals surface area contributed by atoms with Crippen molar-refractivity contribution in [2.45, 2.75) is 18.3 Å². The maximum absolute atomic E-state index is 6.80. The highest BCUT2D eigenvalue weighted by Crippen LogP contribution is 2.63. The molecular formula is C49H35NO. The van der Waals surface area contributed by atoms with Crippen molar-refractivity contribution >= 4 is 22.6 Å². The topological polar surface area (TPSA) is 12.5 Å². The van der Waals surface area contributed by atoms with E-state index in [2.05, 4.69) is 193 Å². The minimum atomic E-state index is -0.524. The van der Waals surface area contributed by atoms with Crippen molar-refractivity contribution in [1.82, 2.24) is 0 Å². The molecule has 0 saturated carbocycles. The molecule has 0 bridgehead atoms. The molecule has 1 atom stereocenters. The van der Waals surface area contributed by atoms with Gasteiger partial charge in [0.05, 0.1) is 11.1 Å². The molecule has 3 aliphatic rings. The number of para-hydroxylation sites is 3. The van der Waals surface area contributed by atoms with Gasteiger partial charge in [0.1, 0.15) is 11.5 Å². The Labute approximate surface area is 299 Å². The van der Waals surface area contributed by atoms with Gasteiger partial charge in [-0.1, -0.05) is 146 Å². The van der Waals surface area contributed by atoms with Gasteiger partial charge in [-0.3, -0.25) is 0 Å². The number of anilines is 3.